The van der Waals surface area contributed by atoms with Gasteiger partial charge in [0, 0.05) is 33.0 Å². The zero-order valence-corrected chi connectivity index (χ0v) is 28.1. The van der Waals surface area contributed by atoms with Crippen molar-refractivity contribution < 1.29 is 4.42 Å². The van der Waals surface area contributed by atoms with Crippen LogP contribution in [0, 0.1) is 0 Å². The minimum atomic E-state index is 0.619. The van der Waals surface area contributed by atoms with E-state index in [1.54, 1.807) is 0 Å². The maximum Gasteiger partial charge on any atom is 0.227 e. The van der Waals surface area contributed by atoms with Crippen LogP contribution in [0.2, 0.25) is 0 Å². The van der Waals surface area contributed by atoms with Crippen LogP contribution < -0.4 is 0 Å². The summed E-state index contributed by atoms with van der Waals surface area (Å²) in [5, 5.41) is 6.67. The molecule has 9 aromatic rings. The lowest BCUT2D eigenvalue weighted by atomic mass is 9.84. The van der Waals surface area contributed by atoms with Gasteiger partial charge in [0.2, 0.25) is 5.89 Å². The minimum absolute atomic E-state index is 0.619. The topological polar surface area (TPSA) is 64.7 Å². The van der Waals surface area contributed by atoms with Crippen molar-refractivity contribution in [2.24, 2.45) is 0 Å². The lowest BCUT2D eigenvalue weighted by molar-refractivity contribution is 0.443. The Morgan fingerprint density at radius 1 is 0.451 bits per heavy atom. The molecule has 0 radical (unpaired) electrons. The van der Waals surface area contributed by atoms with Gasteiger partial charge in [0.15, 0.2) is 23.1 Å². The van der Waals surface area contributed by atoms with Crippen LogP contribution in [0.4, 0.5) is 0 Å². The quantitative estimate of drug-likeness (QED) is 0.172. The molecule has 0 amide bonds. The standard InChI is InChI=1S/C46H34N4O/c1-4-10-29(11-5-1)30-16-23-35(24-17-30)44-48-43(34-12-6-2-7-13-34)49-45(50-44)37-25-19-31-18-20-32-21-22-33-26-27-39-42(41(33)40(32)38(31)28-37)51-46(47-39)36-14-8-3-9-15-36/h2-3,6-9,12-29H,1,4-5,10-11H2. The van der Waals surface area contributed by atoms with Crippen molar-refractivity contribution in [3.05, 3.63) is 145 Å². The van der Waals surface area contributed by atoms with Gasteiger partial charge in [0.25, 0.3) is 0 Å². The lowest BCUT2D eigenvalue weighted by Gasteiger charge is -2.22. The molecule has 1 aliphatic carbocycles. The molecule has 1 aliphatic rings. The average Bonchev–Trinajstić information content (AvgIpc) is 3.66. The van der Waals surface area contributed by atoms with Crippen molar-refractivity contribution in [2.75, 3.05) is 0 Å². The Bertz CT molecular complexity index is 2710. The molecule has 0 N–H and O–H groups in total. The Morgan fingerprint density at radius 2 is 1.00 bits per heavy atom. The fourth-order valence-corrected chi connectivity index (χ4v) is 7.87. The normalized spacial score (nSPS) is 13.8. The average molecular weight is 659 g/mol. The van der Waals surface area contributed by atoms with Crippen LogP contribution in [0.5, 0.6) is 0 Å². The van der Waals surface area contributed by atoms with Gasteiger partial charge in [-0.2, -0.15) is 0 Å². The molecule has 10 rings (SSSR count). The van der Waals surface area contributed by atoms with E-state index in [0.29, 0.717) is 29.3 Å². The van der Waals surface area contributed by atoms with E-state index in [1.165, 1.54) is 37.7 Å². The Labute approximate surface area is 295 Å². The van der Waals surface area contributed by atoms with Crippen molar-refractivity contribution in [2.45, 2.75) is 38.0 Å². The Hall–Kier alpha value is -6.20. The molecule has 0 spiro atoms. The summed E-state index contributed by atoms with van der Waals surface area (Å²) in [4.78, 5) is 20.1. The van der Waals surface area contributed by atoms with Crippen molar-refractivity contribution in [1.29, 1.82) is 0 Å². The largest absolute Gasteiger partial charge is 0.435 e. The van der Waals surface area contributed by atoms with Crippen LogP contribution in [-0.2, 0) is 0 Å². The second-order valence-electron chi connectivity index (χ2n) is 13.7. The van der Waals surface area contributed by atoms with Crippen molar-refractivity contribution >= 4 is 43.4 Å². The van der Waals surface area contributed by atoms with Crippen molar-refractivity contribution in [3.8, 4) is 45.6 Å². The van der Waals surface area contributed by atoms with Gasteiger partial charge in [-0.05, 0) is 70.1 Å². The fourth-order valence-electron chi connectivity index (χ4n) is 7.87. The molecule has 5 nitrogen and oxygen atoms in total. The Balaban J connectivity index is 1.16. The summed E-state index contributed by atoms with van der Waals surface area (Å²) >= 11 is 0. The third-order valence-electron chi connectivity index (χ3n) is 10.5. The molecule has 0 aliphatic heterocycles. The summed E-state index contributed by atoms with van der Waals surface area (Å²) in [6.07, 6.45) is 6.53. The highest BCUT2D eigenvalue weighted by Gasteiger charge is 2.19. The molecular formula is C46H34N4O. The number of benzene rings is 7. The van der Waals surface area contributed by atoms with Crippen molar-refractivity contribution in [1.82, 2.24) is 19.9 Å². The van der Waals surface area contributed by atoms with Crippen LogP contribution in [0.15, 0.2) is 144 Å². The monoisotopic (exact) mass is 658 g/mol. The van der Waals surface area contributed by atoms with Crippen LogP contribution in [0.1, 0.15) is 43.6 Å². The summed E-state index contributed by atoms with van der Waals surface area (Å²) in [5.74, 6) is 3.24. The summed E-state index contributed by atoms with van der Waals surface area (Å²) < 4.78 is 6.57. The first-order chi connectivity index (χ1) is 25.2. The molecule has 1 saturated carbocycles. The van der Waals surface area contributed by atoms with Gasteiger partial charge >= 0.3 is 0 Å². The maximum absolute atomic E-state index is 6.57. The number of fused-ring (bicyclic) bond motifs is 7. The van der Waals surface area contributed by atoms with Gasteiger partial charge in [0.1, 0.15) is 5.52 Å². The van der Waals surface area contributed by atoms with E-state index in [-0.39, 0.29) is 0 Å². The molecular weight excluding hydrogens is 625 g/mol. The number of hydrogen-bond acceptors (Lipinski definition) is 5. The summed E-state index contributed by atoms with van der Waals surface area (Å²) in [6, 6.07) is 48.6. The summed E-state index contributed by atoms with van der Waals surface area (Å²) in [5.41, 5.74) is 6.89. The number of oxazole rings is 1. The highest BCUT2D eigenvalue weighted by Crippen LogP contribution is 2.40. The predicted octanol–water partition coefficient (Wildman–Crippen LogP) is 12.2. The van der Waals surface area contributed by atoms with Gasteiger partial charge in [-0.1, -0.05) is 135 Å². The number of aromatic nitrogens is 4. The third kappa shape index (κ3) is 5.33. The van der Waals surface area contributed by atoms with Crippen LogP contribution >= 0.6 is 0 Å². The van der Waals surface area contributed by atoms with E-state index in [1.807, 2.05) is 48.5 Å². The highest BCUT2D eigenvalue weighted by molar-refractivity contribution is 6.26. The molecule has 244 valence electrons. The Kier molecular flexibility index (Phi) is 7.16. The van der Waals surface area contributed by atoms with E-state index in [0.717, 1.165) is 65.7 Å². The van der Waals surface area contributed by atoms with Gasteiger partial charge in [-0.3, -0.25) is 0 Å². The molecule has 7 aromatic carbocycles. The minimum Gasteiger partial charge on any atom is -0.435 e. The molecule has 51 heavy (non-hydrogen) atoms. The fraction of sp³-hybridized carbons (Fsp3) is 0.130. The summed E-state index contributed by atoms with van der Waals surface area (Å²) in [6.45, 7) is 0. The first kappa shape index (κ1) is 29.7. The SMILES string of the molecule is c1ccc(-c2nc(-c3ccc(C4CCCCC4)cc3)nc(-c3ccc4ccc5ccc6ccc7nc(-c8ccccc8)oc7c6c5c4c3)n2)cc1. The van der Waals surface area contributed by atoms with Crippen LogP contribution in [0.3, 0.4) is 0 Å². The number of nitrogens with zero attached hydrogens (tertiary/aromatic N) is 4. The van der Waals surface area contributed by atoms with E-state index in [9.17, 15) is 0 Å². The Morgan fingerprint density at radius 3 is 1.71 bits per heavy atom. The smallest absolute Gasteiger partial charge is 0.227 e. The number of hydrogen-bond donors (Lipinski definition) is 0. The zero-order valence-electron chi connectivity index (χ0n) is 28.1. The highest BCUT2D eigenvalue weighted by atomic mass is 16.3. The molecule has 0 bridgehead atoms. The molecule has 0 atom stereocenters. The first-order valence-corrected chi connectivity index (χ1v) is 17.9. The van der Waals surface area contributed by atoms with E-state index in [4.69, 9.17) is 24.4 Å². The molecule has 5 heteroatoms. The third-order valence-corrected chi connectivity index (χ3v) is 10.5. The molecule has 0 unspecified atom stereocenters. The van der Waals surface area contributed by atoms with Gasteiger partial charge in [-0.25, -0.2) is 19.9 Å². The van der Waals surface area contributed by atoms with E-state index < -0.39 is 0 Å². The predicted molar refractivity (Wildman–Crippen MR) is 207 cm³/mol. The first-order valence-electron chi connectivity index (χ1n) is 17.9. The van der Waals surface area contributed by atoms with E-state index >= 15 is 0 Å². The number of rotatable bonds is 5. The lowest BCUT2D eigenvalue weighted by Crippen LogP contribution is -2.04. The van der Waals surface area contributed by atoms with Gasteiger partial charge in [-0.15, -0.1) is 0 Å². The van der Waals surface area contributed by atoms with Gasteiger partial charge in [0.05, 0.1) is 0 Å². The zero-order chi connectivity index (χ0) is 33.7. The second kappa shape index (κ2) is 12.3. The van der Waals surface area contributed by atoms with Crippen molar-refractivity contribution in [3.63, 3.8) is 0 Å². The molecule has 2 aromatic heterocycles. The van der Waals surface area contributed by atoms with Crippen LogP contribution in [0.25, 0.3) is 89.0 Å². The molecule has 2 heterocycles. The molecule has 1 fully saturated rings. The van der Waals surface area contributed by atoms with E-state index in [2.05, 4.69) is 91.0 Å². The van der Waals surface area contributed by atoms with Crippen LogP contribution in [-0.4, -0.2) is 19.9 Å². The molecule has 0 saturated heterocycles. The maximum atomic E-state index is 6.57. The van der Waals surface area contributed by atoms with Gasteiger partial charge < -0.3 is 4.42 Å². The second-order valence-corrected chi connectivity index (χ2v) is 13.7. The summed E-state index contributed by atoms with van der Waals surface area (Å²) in [7, 11) is 0.